The number of ether oxygens (including phenoxy) is 1. The van der Waals surface area contributed by atoms with Crippen molar-refractivity contribution in [1.29, 1.82) is 0 Å². The van der Waals surface area contributed by atoms with Gasteiger partial charge >= 0.3 is 0 Å². The van der Waals surface area contributed by atoms with Crippen molar-refractivity contribution in [2.24, 2.45) is 11.3 Å². The van der Waals surface area contributed by atoms with Crippen molar-refractivity contribution in [2.45, 2.75) is 52.6 Å². The lowest BCUT2D eigenvalue weighted by molar-refractivity contribution is 0.0510. The molecule has 0 aromatic carbocycles. The van der Waals surface area contributed by atoms with Gasteiger partial charge in [0.2, 0.25) is 0 Å². The number of rotatable bonds is 3. The third-order valence-corrected chi connectivity index (χ3v) is 4.44. The molecule has 1 unspecified atom stereocenters. The predicted molar refractivity (Wildman–Crippen MR) is 67.6 cm³/mol. The topological polar surface area (TPSA) is 12.5 Å². The van der Waals surface area contributed by atoms with Gasteiger partial charge in [-0.15, -0.1) is 0 Å². The Morgan fingerprint density at radius 3 is 2.50 bits per heavy atom. The van der Waals surface area contributed by atoms with Crippen LogP contribution in [0.3, 0.4) is 0 Å². The summed E-state index contributed by atoms with van der Waals surface area (Å²) in [6.07, 6.45) is 5.84. The van der Waals surface area contributed by atoms with E-state index in [9.17, 15) is 0 Å². The minimum absolute atomic E-state index is 0.526. The lowest BCUT2D eigenvalue weighted by Crippen LogP contribution is -2.40. The van der Waals surface area contributed by atoms with Gasteiger partial charge in [-0.05, 0) is 56.7 Å². The van der Waals surface area contributed by atoms with E-state index in [-0.39, 0.29) is 0 Å². The fourth-order valence-electron chi connectivity index (χ4n) is 3.17. The summed E-state index contributed by atoms with van der Waals surface area (Å²) in [5, 5.41) is 0. The second kappa shape index (κ2) is 5.05. The minimum atomic E-state index is 0.526. The van der Waals surface area contributed by atoms with Crippen LogP contribution in [0.25, 0.3) is 0 Å². The van der Waals surface area contributed by atoms with Crippen LogP contribution in [0.2, 0.25) is 0 Å². The molecule has 0 saturated carbocycles. The molecular formula is C14H27NO. The first kappa shape index (κ1) is 12.4. The zero-order valence-corrected chi connectivity index (χ0v) is 11.2. The highest BCUT2D eigenvalue weighted by molar-refractivity contribution is 4.92. The Hall–Kier alpha value is -0.0800. The van der Waals surface area contributed by atoms with Gasteiger partial charge in [0.25, 0.3) is 0 Å². The summed E-state index contributed by atoms with van der Waals surface area (Å²) in [6, 6.07) is 0. The van der Waals surface area contributed by atoms with E-state index in [0.717, 1.165) is 6.61 Å². The number of nitrogens with zero attached hydrogens (tertiary/aromatic N) is 1. The first-order valence-electron chi connectivity index (χ1n) is 6.99. The van der Waals surface area contributed by atoms with Gasteiger partial charge in [-0.2, -0.15) is 0 Å². The molecule has 2 nitrogen and oxygen atoms in total. The van der Waals surface area contributed by atoms with Crippen LogP contribution < -0.4 is 0 Å². The zero-order chi connectivity index (χ0) is 11.6. The van der Waals surface area contributed by atoms with Gasteiger partial charge in [0.1, 0.15) is 0 Å². The van der Waals surface area contributed by atoms with Crippen LogP contribution in [-0.2, 0) is 4.74 Å². The Labute approximate surface area is 100 Å². The molecule has 0 aromatic heterocycles. The second-order valence-electron chi connectivity index (χ2n) is 6.14. The van der Waals surface area contributed by atoms with E-state index in [1.165, 1.54) is 45.3 Å². The normalized spacial score (nSPS) is 30.4. The maximum atomic E-state index is 5.98. The first-order valence-corrected chi connectivity index (χ1v) is 6.99. The van der Waals surface area contributed by atoms with E-state index in [2.05, 4.69) is 25.7 Å². The third kappa shape index (κ3) is 2.60. The molecule has 0 amide bonds. The summed E-state index contributed by atoms with van der Waals surface area (Å²) in [5.74, 6) is 0.688. The van der Waals surface area contributed by atoms with Gasteiger partial charge in [-0.25, -0.2) is 0 Å². The maximum Gasteiger partial charge on any atom is 0.0604 e. The van der Waals surface area contributed by atoms with Crippen LogP contribution >= 0.6 is 0 Å². The maximum absolute atomic E-state index is 5.98. The van der Waals surface area contributed by atoms with Gasteiger partial charge in [-0.1, -0.05) is 20.8 Å². The van der Waals surface area contributed by atoms with E-state index in [1.807, 2.05) is 0 Å². The molecule has 2 heteroatoms. The van der Waals surface area contributed by atoms with Crippen molar-refractivity contribution in [3.63, 3.8) is 0 Å². The van der Waals surface area contributed by atoms with E-state index in [4.69, 9.17) is 4.74 Å². The molecule has 2 fully saturated rings. The predicted octanol–water partition coefficient (Wildman–Crippen LogP) is 2.92. The summed E-state index contributed by atoms with van der Waals surface area (Å²) in [7, 11) is 0. The standard InChI is InChI=1S/C14H27NO/c1-4-7-15-8-5-14(6-9-15)10-13(12(2)3)16-11-14/h12-13H,4-11H2,1-3H3. The molecule has 2 heterocycles. The Morgan fingerprint density at radius 2 is 2.00 bits per heavy atom. The van der Waals surface area contributed by atoms with E-state index in [1.54, 1.807) is 0 Å². The number of hydrogen-bond donors (Lipinski definition) is 0. The molecule has 0 aromatic rings. The van der Waals surface area contributed by atoms with Crippen LogP contribution in [0.4, 0.5) is 0 Å². The molecule has 16 heavy (non-hydrogen) atoms. The summed E-state index contributed by atoms with van der Waals surface area (Å²) in [4.78, 5) is 2.62. The summed E-state index contributed by atoms with van der Waals surface area (Å²) >= 11 is 0. The average Bonchev–Trinajstić information content (AvgIpc) is 2.67. The molecular weight excluding hydrogens is 198 g/mol. The Kier molecular flexibility index (Phi) is 3.91. The molecule has 1 spiro atoms. The van der Waals surface area contributed by atoms with Crippen LogP contribution in [-0.4, -0.2) is 37.2 Å². The van der Waals surface area contributed by atoms with Crippen LogP contribution in [0, 0.1) is 11.3 Å². The molecule has 2 aliphatic rings. The molecule has 94 valence electrons. The number of piperidine rings is 1. The van der Waals surface area contributed by atoms with Gasteiger partial charge < -0.3 is 9.64 Å². The largest absolute Gasteiger partial charge is 0.377 e. The highest BCUT2D eigenvalue weighted by atomic mass is 16.5. The van der Waals surface area contributed by atoms with Gasteiger partial charge in [0.05, 0.1) is 12.7 Å². The highest BCUT2D eigenvalue weighted by Gasteiger charge is 2.42. The molecule has 0 bridgehead atoms. The fraction of sp³-hybridized carbons (Fsp3) is 1.00. The SMILES string of the molecule is CCCN1CCC2(CC1)COC(C(C)C)C2. The van der Waals surface area contributed by atoms with Crippen molar-refractivity contribution >= 4 is 0 Å². The molecule has 0 aliphatic carbocycles. The van der Waals surface area contributed by atoms with Gasteiger partial charge in [0.15, 0.2) is 0 Å². The first-order chi connectivity index (χ1) is 7.65. The molecule has 2 rings (SSSR count). The molecule has 1 atom stereocenters. The van der Waals surface area contributed by atoms with Gasteiger partial charge in [-0.3, -0.25) is 0 Å². The number of likely N-dealkylation sites (tertiary alicyclic amines) is 1. The molecule has 0 N–H and O–H groups in total. The highest BCUT2D eigenvalue weighted by Crippen LogP contribution is 2.43. The van der Waals surface area contributed by atoms with Crippen LogP contribution in [0.1, 0.15) is 46.5 Å². The van der Waals surface area contributed by atoms with E-state index >= 15 is 0 Å². The Morgan fingerprint density at radius 1 is 1.31 bits per heavy atom. The Bertz CT molecular complexity index is 219. The fourth-order valence-corrected chi connectivity index (χ4v) is 3.17. The zero-order valence-electron chi connectivity index (χ0n) is 11.2. The second-order valence-corrected chi connectivity index (χ2v) is 6.14. The lowest BCUT2D eigenvalue weighted by Gasteiger charge is -2.38. The summed E-state index contributed by atoms with van der Waals surface area (Å²) < 4.78 is 5.98. The monoisotopic (exact) mass is 225 g/mol. The smallest absolute Gasteiger partial charge is 0.0604 e. The van der Waals surface area contributed by atoms with Gasteiger partial charge in [0, 0.05) is 0 Å². The van der Waals surface area contributed by atoms with E-state index < -0.39 is 0 Å². The summed E-state index contributed by atoms with van der Waals surface area (Å²) in [6.45, 7) is 11.7. The van der Waals surface area contributed by atoms with Crippen molar-refractivity contribution in [1.82, 2.24) is 4.90 Å². The average molecular weight is 225 g/mol. The lowest BCUT2D eigenvalue weighted by atomic mass is 9.75. The van der Waals surface area contributed by atoms with Crippen molar-refractivity contribution in [3.05, 3.63) is 0 Å². The molecule has 2 saturated heterocycles. The summed E-state index contributed by atoms with van der Waals surface area (Å²) in [5.41, 5.74) is 0.541. The van der Waals surface area contributed by atoms with Crippen LogP contribution in [0.15, 0.2) is 0 Å². The van der Waals surface area contributed by atoms with E-state index in [0.29, 0.717) is 17.4 Å². The third-order valence-electron chi connectivity index (χ3n) is 4.44. The van der Waals surface area contributed by atoms with Crippen molar-refractivity contribution in [3.8, 4) is 0 Å². The van der Waals surface area contributed by atoms with Crippen LogP contribution in [0.5, 0.6) is 0 Å². The van der Waals surface area contributed by atoms with Crippen molar-refractivity contribution in [2.75, 3.05) is 26.2 Å². The number of hydrogen-bond acceptors (Lipinski definition) is 2. The molecule has 0 radical (unpaired) electrons. The molecule has 2 aliphatic heterocycles. The quantitative estimate of drug-likeness (QED) is 0.732. The Balaban J connectivity index is 1.84. The van der Waals surface area contributed by atoms with Crippen molar-refractivity contribution < 1.29 is 4.74 Å². The minimum Gasteiger partial charge on any atom is -0.377 e.